The second-order valence-corrected chi connectivity index (χ2v) is 3.60. The number of hydrogen-bond acceptors (Lipinski definition) is 0. The first-order valence-electron chi connectivity index (χ1n) is 5.30. The van der Waals surface area contributed by atoms with Crippen LogP contribution in [0.2, 0.25) is 0 Å². The number of hydrogen-bond donors (Lipinski definition) is 0. The van der Waals surface area contributed by atoms with Gasteiger partial charge >= 0.3 is 0 Å². The molecule has 0 bridgehead atoms. The monoisotopic (exact) mass is 214 g/mol. The van der Waals surface area contributed by atoms with Crippen molar-refractivity contribution >= 4 is 11.6 Å². The highest BCUT2D eigenvalue weighted by molar-refractivity contribution is 6.31. The molecular weight excluding hydrogens is 192 g/mol. The lowest BCUT2D eigenvalue weighted by atomic mass is 10.1. The molecule has 0 aromatic heterocycles. The summed E-state index contributed by atoms with van der Waals surface area (Å²) in [6.07, 6.45) is 8.26. The highest BCUT2D eigenvalue weighted by Gasteiger charge is 1.96. The van der Waals surface area contributed by atoms with Gasteiger partial charge in [0, 0.05) is 5.03 Å². The van der Waals surface area contributed by atoms with Crippen LogP contribution < -0.4 is 0 Å². The summed E-state index contributed by atoms with van der Waals surface area (Å²) in [5, 5.41) is 0.637. The van der Waals surface area contributed by atoms with Crippen molar-refractivity contribution in [2.45, 2.75) is 46.5 Å². The average Bonchev–Trinajstić information content (AvgIpc) is 2.13. The molecule has 0 fully saturated rings. The van der Waals surface area contributed by atoms with Gasteiger partial charge in [-0.3, -0.25) is 0 Å². The summed E-state index contributed by atoms with van der Waals surface area (Å²) in [5.41, 5.74) is 1.10. The largest absolute Gasteiger partial charge is 0.0991 e. The van der Waals surface area contributed by atoms with Crippen molar-refractivity contribution in [1.82, 2.24) is 0 Å². The first-order valence-corrected chi connectivity index (χ1v) is 5.68. The molecule has 0 rings (SSSR count). The van der Waals surface area contributed by atoms with E-state index in [-0.39, 0.29) is 0 Å². The maximum atomic E-state index is 5.75. The molecular formula is C13H23Cl. The van der Waals surface area contributed by atoms with E-state index in [1.54, 1.807) is 6.08 Å². The van der Waals surface area contributed by atoms with E-state index in [0.717, 1.165) is 18.4 Å². The third kappa shape index (κ3) is 11.5. The smallest absolute Gasteiger partial charge is 0.0366 e. The van der Waals surface area contributed by atoms with Crippen LogP contribution in [0.15, 0.2) is 35.9 Å². The molecule has 0 amide bonds. The van der Waals surface area contributed by atoms with Crippen molar-refractivity contribution in [1.29, 1.82) is 0 Å². The molecule has 82 valence electrons. The van der Waals surface area contributed by atoms with Crippen LogP contribution in [0.1, 0.15) is 46.5 Å². The Morgan fingerprint density at radius 1 is 1.29 bits per heavy atom. The average molecular weight is 215 g/mol. The molecule has 0 aliphatic heterocycles. The maximum absolute atomic E-state index is 5.75. The predicted octanol–water partition coefficient (Wildman–Crippen LogP) is 5.46. The molecule has 0 heterocycles. The zero-order valence-corrected chi connectivity index (χ0v) is 10.5. The minimum absolute atomic E-state index is 0.637. The van der Waals surface area contributed by atoms with E-state index in [0.29, 0.717) is 5.03 Å². The van der Waals surface area contributed by atoms with Crippen LogP contribution in [0, 0.1) is 0 Å². The third-order valence-electron chi connectivity index (χ3n) is 1.47. The molecule has 0 aromatic rings. The Balaban J connectivity index is 0. The van der Waals surface area contributed by atoms with E-state index in [9.17, 15) is 0 Å². The first-order chi connectivity index (χ1) is 6.63. The summed E-state index contributed by atoms with van der Waals surface area (Å²) in [6, 6.07) is 0. The van der Waals surface area contributed by atoms with E-state index in [1.165, 1.54) is 12.8 Å². The fraction of sp³-hybridized carbons (Fsp3) is 0.538. The van der Waals surface area contributed by atoms with Crippen LogP contribution >= 0.6 is 11.6 Å². The van der Waals surface area contributed by atoms with Crippen molar-refractivity contribution in [2.24, 2.45) is 0 Å². The quantitative estimate of drug-likeness (QED) is 0.534. The Bertz CT molecular complexity index is 178. The molecule has 0 aliphatic rings. The molecule has 0 atom stereocenters. The van der Waals surface area contributed by atoms with Gasteiger partial charge in [-0.25, -0.2) is 0 Å². The lowest BCUT2D eigenvalue weighted by Crippen LogP contribution is -1.81. The minimum Gasteiger partial charge on any atom is -0.0991 e. The number of halogens is 1. The van der Waals surface area contributed by atoms with Crippen LogP contribution in [-0.2, 0) is 0 Å². The number of rotatable bonds is 5. The normalized spacial score (nSPS) is 10.1. The Labute approximate surface area is 94.4 Å². The van der Waals surface area contributed by atoms with E-state index in [1.807, 2.05) is 6.08 Å². The lowest BCUT2D eigenvalue weighted by Gasteiger charge is -2.01. The van der Waals surface area contributed by atoms with Crippen molar-refractivity contribution in [3.63, 3.8) is 0 Å². The maximum Gasteiger partial charge on any atom is 0.0366 e. The molecule has 0 spiro atoms. The molecule has 0 aliphatic carbocycles. The summed E-state index contributed by atoms with van der Waals surface area (Å²) in [4.78, 5) is 0. The molecule has 0 radical (unpaired) electrons. The molecule has 0 N–H and O–H groups in total. The second kappa shape index (κ2) is 12.5. The van der Waals surface area contributed by atoms with Gasteiger partial charge in [-0.2, -0.15) is 0 Å². The second-order valence-electron chi connectivity index (χ2n) is 3.14. The molecule has 0 saturated heterocycles. The number of allylic oxidation sites excluding steroid dienone is 4. The van der Waals surface area contributed by atoms with Gasteiger partial charge < -0.3 is 0 Å². The van der Waals surface area contributed by atoms with Crippen molar-refractivity contribution in [3.05, 3.63) is 35.9 Å². The van der Waals surface area contributed by atoms with Crippen molar-refractivity contribution < 1.29 is 0 Å². The predicted molar refractivity (Wildman–Crippen MR) is 68.8 cm³/mol. The standard InChI is InChI=1S/C10H15Cl.C3H8/c1-4-6-8-10(7-5-2)9(3)11;1-3-2/h5,7H,2-4,6,8H2,1H3;3H2,1-2H3/b10-7-;. The van der Waals surface area contributed by atoms with E-state index in [2.05, 4.69) is 33.9 Å². The topological polar surface area (TPSA) is 0 Å². The lowest BCUT2D eigenvalue weighted by molar-refractivity contribution is 0.796. The van der Waals surface area contributed by atoms with Gasteiger partial charge in [0.1, 0.15) is 0 Å². The van der Waals surface area contributed by atoms with Crippen LogP contribution in [0.3, 0.4) is 0 Å². The molecule has 14 heavy (non-hydrogen) atoms. The zero-order valence-electron chi connectivity index (χ0n) is 9.78. The fourth-order valence-corrected chi connectivity index (χ4v) is 0.976. The summed E-state index contributed by atoms with van der Waals surface area (Å²) >= 11 is 5.75. The Morgan fingerprint density at radius 2 is 1.79 bits per heavy atom. The van der Waals surface area contributed by atoms with Gasteiger partial charge in [-0.15, -0.1) is 0 Å². The first kappa shape index (κ1) is 16.0. The van der Waals surface area contributed by atoms with Crippen LogP contribution in [0.5, 0.6) is 0 Å². The van der Waals surface area contributed by atoms with Crippen molar-refractivity contribution in [3.8, 4) is 0 Å². The fourth-order valence-electron chi connectivity index (χ4n) is 0.819. The molecule has 0 aromatic carbocycles. The third-order valence-corrected chi connectivity index (χ3v) is 1.71. The highest BCUT2D eigenvalue weighted by Crippen LogP contribution is 2.18. The van der Waals surface area contributed by atoms with Gasteiger partial charge in [0.25, 0.3) is 0 Å². The van der Waals surface area contributed by atoms with Crippen molar-refractivity contribution in [2.75, 3.05) is 0 Å². The zero-order chi connectivity index (χ0) is 11.4. The van der Waals surface area contributed by atoms with Gasteiger partial charge in [0.15, 0.2) is 0 Å². The van der Waals surface area contributed by atoms with Gasteiger partial charge in [0.05, 0.1) is 0 Å². The Morgan fingerprint density at radius 3 is 2.07 bits per heavy atom. The van der Waals surface area contributed by atoms with Gasteiger partial charge in [-0.05, 0) is 18.4 Å². The summed E-state index contributed by atoms with van der Waals surface area (Å²) in [5.74, 6) is 0. The molecule has 1 heteroatoms. The molecule has 0 unspecified atom stereocenters. The minimum atomic E-state index is 0.637. The van der Waals surface area contributed by atoms with Crippen LogP contribution in [0.25, 0.3) is 0 Å². The Hall–Kier alpha value is -0.490. The van der Waals surface area contributed by atoms with E-state index in [4.69, 9.17) is 11.6 Å². The van der Waals surface area contributed by atoms with Gasteiger partial charge in [-0.1, -0.05) is 70.5 Å². The van der Waals surface area contributed by atoms with Crippen LogP contribution in [-0.4, -0.2) is 0 Å². The molecule has 0 nitrogen and oxygen atoms in total. The van der Waals surface area contributed by atoms with Gasteiger partial charge in [0.2, 0.25) is 0 Å². The van der Waals surface area contributed by atoms with E-state index >= 15 is 0 Å². The number of unbranched alkanes of at least 4 members (excludes halogenated alkanes) is 1. The van der Waals surface area contributed by atoms with Crippen LogP contribution in [0.4, 0.5) is 0 Å². The summed E-state index contributed by atoms with van der Waals surface area (Å²) in [7, 11) is 0. The SMILES string of the molecule is C=C/C=C(/CCCC)C(=C)Cl.CCC. The Kier molecular flexibility index (Phi) is 14.3. The van der Waals surface area contributed by atoms with E-state index < -0.39 is 0 Å². The highest BCUT2D eigenvalue weighted by atomic mass is 35.5. The summed E-state index contributed by atoms with van der Waals surface area (Å²) < 4.78 is 0. The summed E-state index contributed by atoms with van der Waals surface area (Å²) in [6.45, 7) is 13.7. The molecule has 0 saturated carbocycles.